The SMILES string of the molecule is COC(=O)c1csc(-c2ccc(OC)c(Br)c2)n1. The van der Waals surface area contributed by atoms with Crippen molar-refractivity contribution >= 4 is 33.2 Å². The van der Waals surface area contributed by atoms with Crippen molar-refractivity contribution in [3.63, 3.8) is 0 Å². The lowest BCUT2D eigenvalue weighted by molar-refractivity contribution is 0.0595. The van der Waals surface area contributed by atoms with Gasteiger partial charge in [0.2, 0.25) is 0 Å². The van der Waals surface area contributed by atoms with Crippen LogP contribution in [-0.4, -0.2) is 25.2 Å². The molecule has 0 saturated carbocycles. The van der Waals surface area contributed by atoms with Crippen molar-refractivity contribution in [2.45, 2.75) is 0 Å². The molecule has 0 amide bonds. The summed E-state index contributed by atoms with van der Waals surface area (Å²) >= 11 is 4.81. The maximum Gasteiger partial charge on any atom is 0.357 e. The van der Waals surface area contributed by atoms with Gasteiger partial charge in [0.25, 0.3) is 0 Å². The highest BCUT2D eigenvalue weighted by Crippen LogP contribution is 2.31. The Hall–Kier alpha value is -1.40. The molecule has 18 heavy (non-hydrogen) atoms. The molecule has 1 aromatic heterocycles. The van der Waals surface area contributed by atoms with E-state index in [1.807, 2.05) is 18.2 Å². The van der Waals surface area contributed by atoms with E-state index >= 15 is 0 Å². The molecule has 0 aliphatic heterocycles. The molecule has 0 unspecified atom stereocenters. The van der Waals surface area contributed by atoms with Crippen LogP contribution in [0.1, 0.15) is 10.5 Å². The number of benzene rings is 1. The average molecular weight is 328 g/mol. The molecule has 0 spiro atoms. The Kier molecular flexibility index (Phi) is 3.98. The molecule has 4 nitrogen and oxygen atoms in total. The van der Waals surface area contributed by atoms with Crippen LogP contribution in [0, 0.1) is 0 Å². The van der Waals surface area contributed by atoms with Gasteiger partial charge in [-0.2, -0.15) is 0 Å². The van der Waals surface area contributed by atoms with Crippen LogP contribution in [-0.2, 0) is 4.74 Å². The molecular weight excluding hydrogens is 318 g/mol. The smallest absolute Gasteiger partial charge is 0.357 e. The van der Waals surface area contributed by atoms with E-state index in [1.165, 1.54) is 18.4 Å². The minimum absolute atomic E-state index is 0.324. The monoisotopic (exact) mass is 327 g/mol. The molecule has 0 saturated heterocycles. The van der Waals surface area contributed by atoms with Gasteiger partial charge in [0.05, 0.1) is 18.7 Å². The van der Waals surface area contributed by atoms with Crippen LogP contribution in [0.5, 0.6) is 5.75 Å². The molecule has 6 heteroatoms. The van der Waals surface area contributed by atoms with Crippen molar-refractivity contribution in [1.82, 2.24) is 4.98 Å². The van der Waals surface area contributed by atoms with Crippen LogP contribution < -0.4 is 4.74 Å². The number of carbonyl (C=O) groups is 1. The first-order chi connectivity index (χ1) is 8.65. The van der Waals surface area contributed by atoms with E-state index in [-0.39, 0.29) is 0 Å². The number of nitrogens with zero attached hydrogens (tertiary/aromatic N) is 1. The largest absolute Gasteiger partial charge is 0.496 e. The summed E-state index contributed by atoms with van der Waals surface area (Å²) in [5, 5.41) is 2.44. The molecule has 0 aliphatic rings. The Balaban J connectivity index is 2.34. The summed E-state index contributed by atoms with van der Waals surface area (Å²) < 4.78 is 10.6. The zero-order valence-electron chi connectivity index (χ0n) is 9.77. The number of thiazole rings is 1. The third kappa shape index (κ3) is 2.54. The molecule has 0 fully saturated rings. The Bertz CT molecular complexity index is 582. The molecule has 2 rings (SSSR count). The molecule has 1 aromatic carbocycles. The first-order valence-corrected chi connectivity index (χ1v) is 6.70. The second-order valence-corrected chi connectivity index (χ2v) is 5.09. The first-order valence-electron chi connectivity index (χ1n) is 5.03. The van der Waals surface area contributed by atoms with Gasteiger partial charge < -0.3 is 9.47 Å². The molecule has 1 heterocycles. The number of esters is 1. The normalized spacial score (nSPS) is 10.2. The molecule has 0 atom stereocenters. The molecular formula is C12H10BrNO3S. The maximum atomic E-state index is 11.3. The molecule has 94 valence electrons. The summed E-state index contributed by atoms with van der Waals surface area (Å²) in [6.45, 7) is 0. The lowest BCUT2D eigenvalue weighted by Gasteiger charge is -2.04. The Labute approximate surface area is 117 Å². The van der Waals surface area contributed by atoms with E-state index in [1.54, 1.807) is 12.5 Å². The number of aromatic nitrogens is 1. The number of rotatable bonds is 3. The van der Waals surface area contributed by atoms with Gasteiger partial charge in [-0.15, -0.1) is 11.3 Å². The number of carbonyl (C=O) groups excluding carboxylic acids is 1. The summed E-state index contributed by atoms with van der Waals surface area (Å²) in [5.41, 5.74) is 1.24. The minimum Gasteiger partial charge on any atom is -0.496 e. The lowest BCUT2D eigenvalue weighted by atomic mass is 10.2. The van der Waals surface area contributed by atoms with E-state index < -0.39 is 5.97 Å². The molecule has 0 radical (unpaired) electrons. The Morgan fingerprint density at radius 2 is 2.17 bits per heavy atom. The van der Waals surface area contributed by atoms with Crippen LogP contribution in [0.3, 0.4) is 0 Å². The minimum atomic E-state index is -0.426. The molecule has 0 bridgehead atoms. The lowest BCUT2D eigenvalue weighted by Crippen LogP contribution is -2.00. The second kappa shape index (κ2) is 5.49. The number of halogens is 1. The van der Waals surface area contributed by atoms with Gasteiger partial charge in [0.15, 0.2) is 5.69 Å². The average Bonchev–Trinajstić information content (AvgIpc) is 2.87. The third-order valence-electron chi connectivity index (χ3n) is 2.30. The van der Waals surface area contributed by atoms with Gasteiger partial charge in [-0.25, -0.2) is 9.78 Å². The number of ether oxygens (including phenoxy) is 2. The topological polar surface area (TPSA) is 48.4 Å². The molecule has 0 N–H and O–H groups in total. The summed E-state index contributed by atoms with van der Waals surface area (Å²) in [5.74, 6) is 0.327. The number of hydrogen-bond acceptors (Lipinski definition) is 5. The van der Waals surface area contributed by atoms with Crippen molar-refractivity contribution < 1.29 is 14.3 Å². The van der Waals surface area contributed by atoms with Crippen molar-refractivity contribution in [2.75, 3.05) is 14.2 Å². The van der Waals surface area contributed by atoms with Crippen molar-refractivity contribution in [3.05, 3.63) is 33.7 Å². The highest BCUT2D eigenvalue weighted by molar-refractivity contribution is 9.10. The van der Waals surface area contributed by atoms with Crippen LogP contribution in [0.25, 0.3) is 10.6 Å². The van der Waals surface area contributed by atoms with Gasteiger partial charge in [-0.05, 0) is 34.1 Å². The van der Waals surface area contributed by atoms with Gasteiger partial charge >= 0.3 is 5.97 Å². The van der Waals surface area contributed by atoms with E-state index in [0.717, 1.165) is 20.8 Å². The molecule has 0 aliphatic carbocycles. The van der Waals surface area contributed by atoms with Crippen LogP contribution in [0.15, 0.2) is 28.1 Å². The fourth-order valence-electron chi connectivity index (χ4n) is 1.40. The van der Waals surface area contributed by atoms with E-state index in [2.05, 4.69) is 25.7 Å². The van der Waals surface area contributed by atoms with Crippen molar-refractivity contribution in [2.24, 2.45) is 0 Å². The van der Waals surface area contributed by atoms with Crippen LogP contribution in [0.4, 0.5) is 0 Å². The maximum absolute atomic E-state index is 11.3. The quantitative estimate of drug-likeness (QED) is 0.811. The summed E-state index contributed by atoms with van der Waals surface area (Å²) in [6.07, 6.45) is 0. The predicted octanol–water partition coefficient (Wildman–Crippen LogP) is 3.37. The second-order valence-electron chi connectivity index (χ2n) is 3.38. The standard InChI is InChI=1S/C12H10BrNO3S/c1-16-10-4-3-7(5-8(10)13)11-14-9(6-18-11)12(15)17-2/h3-6H,1-2H3. The van der Waals surface area contributed by atoms with E-state index in [4.69, 9.17) is 4.74 Å². The van der Waals surface area contributed by atoms with Crippen LogP contribution in [0.2, 0.25) is 0 Å². The molecule has 2 aromatic rings. The highest BCUT2D eigenvalue weighted by Gasteiger charge is 2.12. The van der Waals surface area contributed by atoms with Crippen molar-refractivity contribution in [1.29, 1.82) is 0 Å². The van der Waals surface area contributed by atoms with Gasteiger partial charge in [0, 0.05) is 10.9 Å². The predicted molar refractivity (Wildman–Crippen MR) is 73.1 cm³/mol. The summed E-state index contributed by atoms with van der Waals surface area (Å²) in [4.78, 5) is 15.5. The number of hydrogen-bond donors (Lipinski definition) is 0. The van der Waals surface area contributed by atoms with Gasteiger partial charge in [-0.1, -0.05) is 0 Å². The zero-order chi connectivity index (χ0) is 13.1. The van der Waals surface area contributed by atoms with Crippen molar-refractivity contribution in [3.8, 4) is 16.3 Å². The van der Waals surface area contributed by atoms with Gasteiger partial charge in [0.1, 0.15) is 10.8 Å². The van der Waals surface area contributed by atoms with Gasteiger partial charge in [-0.3, -0.25) is 0 Å². The Morgan fingerprint density at radius 3 is 2.78 bits per heavy atom. The zero-order valence-corrected chi connectivity index (χ0v) is 12.2. The fraction of sp³-hybridized carbons (Fsp3) is 0.167. The summed E-state index contributed by atoms with van der Waals surface area (Å²) in [6, 6.07) is 5.64. The highest BCUT2D eigenvalue weighted by atomic mass is 79.9. The Morgan fingerprint density at radius 1 is 1.39 bits per heavy atom. The fourth-order valence-corrected chi connectivity index (χ4v) is 2.73. The summed E-state index contributed by atoms with van der Waals surface area (Å²) in [7, 11) is 2.95. The first kappa shape index (κ1) is 13.0. The third-order valence-corrected chi connectivity index (χ3v) is 3.81. The van der Waals surface area contributed by atoms with E-state index in [9.17, 15) is 4.79 Å². The number of methoxy groups -OCH3 is 2. The van der Waals surface area contributed by atoms with Crippen LogP contribution >= 0.6 is 27.3 Å². The van der Waals surface area contributed by atoms with E-state index in [0.29, 0.717) is 5.69 Å².